The summed E-state index contributed by atoms with van der Waals surface area (Å²) in [4.78, 5) is 18.3. The Bertz CT molecular complexity index is 423. The quantitative estimate of drug-likeness (QED) is 0.238. The number of methoxy groups -OCH3 is 1. The van der Waals surface area contributed by atoms with Crippen LogP contribution in [0.1, 0.15) is 38.5 Å². The Morgan fingerprint density at radius 3 is 2.46 bits per heavy atom. The van der Waals surface area contributed by atoms with Gasteiger partial charge in [0.1, 0.15) is 0 Å². The molecular weight excluding hydrogens is 447 g/mol. The highest BCUT2D eigenvalue weighted by Gasteiger charge is 2.24. The molecule has 0 bridgehead atoms. The number of carbonyl (C=O) groups excluding carboxylic acids is 1. The first-order valence-electron chi connectivity index (χ1n) is 9.55. The van der Waals surface area contributed by atoms with Crippen LogP contribution in [0.5, 0.6) is 0 Å². The monoisotopic (exact) mass is 482 g/mol. The molecule has 1 saturated heterocycles. The van der Waals surface area contributed by atoms with Crippen molar-refractivity contribution in [3.05, 3.63) is 0 Å². The van der Waals surface area contributed by atoms with E-state index in [2.05, 4.69) is 20.5 Å². The topological polar surface area (TPSA) is 75.2 Å². The van der Waals surface area contributed by atoms with Gasteiger partial charge in [0, 0.05) is 40.4 Å². The first-order chi connectivity index (χ1) is 12.2. The molecule has 1 saturated carbocycles. The second-order valence-electron chi connectivity index (χ2n) is 6.91. The van der Waals surface area contributed by atoms with E-state index in [4.69, 9.17) is 9.47 Å². The molecule has 0 unspecified atom stereocenters. The number of rotatable bonds is 8. The van der Waals surface area contributed by atoms with E-state index in [1.165, 1.54) is 25.7 Å². The van der Waals surface area contributed by atoms with Gasteiger partial charge in [0.2, 0.25) is 5.91 Å². The molecule has 7 nitrogen and oxygen atoms in total. The van der Waals surface area contributed by atoms with Crippen LogP contribution in [0.4, 0.5) is 0 Å². The van der Waals surface area contributed by atoms with Gasteiger partial charge in [0.15, 0.2) is 5.96 Å². The average molecular weight is 482 g/mol. The lowest BCUT2D eigenvalue weighted by Gasteiger charge is -2.34. The van der Waals surface area contributed by atoms with E-state index in [0.29, 0.717) is 19.3 Å². The Hall–Kier alpha value is -0.610. The minimum atomic E-state index is -0.0482. The van der Waals surface area contributed by atoms with Crippen LogP contribution in [0.2, 0.25) is 0 Å². The molecule has 2 rings (SSSR count). The molecular formula is C18H35IN4O3. The fourth-order valence-corrected chi connectivity index (χ4v) is 3.53. The summed E-state index contributed by atoms with van der Waals surface area (Å²) in [6.07, 6.45) is 7.82. The molecule has 2 aliphatic rings. The van der Waals surface area contributed by atoms with Gasteiger partial charge in [-0.1, -0.05) is 12.8 Å². The number of hydrogen-bond acceptors (Lipinski definition) is 4. The molecule has 1 amide bonds. The van der Waals surface area contributed by atoms with Crippen molar-refractivity contribution in [3.8, 4) is 0 Å². The SMILES string of the molecule is CN=C(NCC(=O)NCCOC)N1CCC(OCC2CCCC2)CC1.I. The fourth-order valence-electron chi connectivity index (χ4n) is 3.53. The van der Waals surface area contributed by atoms with Crippen molar-refractivity contribution in [2.24, 2.45) is 10.9 Å². The number of nitrogens with one attached hydrogen (secondary N) is 2. The fraction of sp³-hybridized carbons (Fsp3) is 0.889. The maximum Gasteiger partial charge on any atom is 0.239 e. The van der Waals surface area contributed by atoms with Crippen molar-refractivity contribution in [2.45, 2.75) is 44.6 Å². The highest BCUT2D eigenvalue weighted by molar-refractivity contribution is 14.0. The second kappa shape index (κ2) is 13.5. The summed E-state index contributed by atoms with van der Waals surface area (Å²) >= 11 is 0. The van der Waals surface area contributed by atoms with E-state index in [1.54, 1.807) is 14.2 Å². The summed E-state index contributed by atoms with van der Waals surface area (Å²) in [6.45, 7) is 4.04. The standard InChI is InChI=1S/C18H34N4O3.HI/c1-19-18(21-13-17(23)20-9-12-24-2)22-10-7-16(8-11-22)25-14-15-5-3-4-6-15;/h15-16H,3-14H2,1-2H3,(H,19,21)(H,20,23);1H. The number of piperidine rings is 1. The number of likely N-dealkylation sites (tertiary alicyclic amines) is 1. The highest BCUT2D eigenvalue weighted by Crippen LogP contribution is 2.26. The van der Waals surface area contributed by atoms with Gasteiger partial charge < -0.3 is 25.0 Å². The predicted octanol–water partition coefficient (Wildman–Crippen LogP) is 1.61. The summed E-state index contributed by atoms with van der Waals surface area (Å²) in [6, 6.07) is 0. The van der Waals surface area contributed by atoms with Crippen LogP contribution in [0.3, 0.4) is 0 Å². The molecule has 26 heavy (non-hydrogen) atoms. The molecule has 2 N–H and O–H groups in total. The molecule has 0 aromatic rings. The molecule has 1 aliphatic heterocycles. The van der Waals surface area contributed by atoms with Crippen LogP contribution in [-0.2, 0) is 14.3 Å². The summed E-state index contributed by atoms with van der Waals surface area (Å²) in [5.41, 5.74) is 0. The van der Waals surface area contributed by atoms with Crippen molar-refractivity contribution in [3.63, 3.8) is 0 Å². The van der Waals surface area contributed by atoms with E-state index in [0.717, 1.165) is 44.4 Å². The number of amides is 1. The third-order valence-corrected chi connectivity index (χ3v) is 5.03. The smallest absolute Gasteiger partial charge is 0.239 e. The largest absolute Gasteiger partial charge is 0.383 e. The number of aliphatic imine (C=N–C) groups is 1. The van der Waals surface area contributed by atoms with Gasteiger partial charge in [-0.15, -0.1) is 24.0 Å². The first-order valence-corrected chi connectivity index (χ1v) is 9.55. The molecule has 0 atom stereocenters. The number of carbonyl (C=O) groups is 1. The predicted molar refractivity (Wildman–Crippen MR) is 114 cm³/mol. The molecule has 0 aromatic heterocycles. The molecule has 0 aromatic carbocycles. The Morgan fingerprint density at radius 1 is 1.15 bits per heavy atom. The zero-order chi connectivity index (χ0) is 17.9. The number of guanidine groups is 1. The molecule has 152 valence electrons. The van der Waals surface area contributed by atoms with E-state index in [9.17, 15) is 4.79 Å². The molecule has 2 fully saturated rings. The van der Waals surface area contributed by atoms with Gasteiger partial charge in [0.25, 0.3) is 0 Å². The van der Waals surface area contributed by atoms with Crippen molar-refractivity contribution in [1.29, 1.82) is 0 Å². The van der Waals surface area contributed by atoms with Gasteiger partial charge >= 0.3 is 0 Å². The molecule has 1 heterocycles. The normalized spacial score (nSPS) is 19.3. The summed E-state index contributed by atoms with van der Waals surface area (Å²) in [7, 11) is 3.38. The van der Waals surface area contributed by atoms with E-state index in [-0.39, 0.29) is 36.4 Å². The number of nitrogens with zero attached hydrogens (tertiary/aromatic N) is 2. The zero-order valence-electron chi connectivity index (χ0n) is 16.2. The number of ether oxygens (including phenoxy) is 2. The van der Waals surface area contributed by atoms with Gasteiger partial charge in [-0.25, -0.2) is 0 Å². The van der Waals surface area contributed by atoms with Crippen molar-refractivity contribution < 1.29 is 14.3 Å². The second-order valence-corrected chi connectivity index (χ2v) is 6.91. The Labute approximate surface area is 174 Å². The number of halogens is 1. The Kier molecular flexibility index (Phi) is 12.2. The van der Waals surface area contributed by atoms with Crippen molar-refractivity contribution in [1.82, 2.24) is 15.5 Å². The minimum absolute atomic E-state index is 0. The van der Waals surface area contributed by atoms with Crippen molar-refractivity contribution >= 4 is 35.8 Å². The average Bonchev–Trinajstić information content (AvgIpc) is 3.15. The lowest BCUT2D eigenvalue weighted by Crippen LogP contribution is -2.49. The highest BCUT2D eigenvalue weighted by atomic mass is 127. The van der Waals surface area contributed by atoms with Crippen LogP contribution >= 0.6 is 24.0 Å². The Balaban J connectivity index is 0.00000338. The number of hydrogen-bond donors (Lipinski definition) is 2. The van der Waals surface area contributed by atoms with E-state index >= 15 is 0 Å². The molecule has 8 heteroatoms. The first kappa shape index (κ1) is 23.4. The Morgan fingerprint density at radius 2 is 1.85 bits per heavy atom. The lowest BCUT2D eigenvalue weighted by molar-refractivity contribution is -0.120. The third kappa shape index (κ3) is 8.39. The summed E-state index contributed by atoms with van der Waals surface area (Å²) < 4.78 is 11.0. The van der Waals surface area contributed by atoms with Gasteiger partial charge in [-0.05, 0) is 31.6 Å². The van der Waals surface area contributed by atoms with Crippen molar-refractivity contribution in [2.75, 3.05) is 53.6 Å². The minimum Gasteiger partial charge on any atom is -0.383 e. The van der Waals surface area contributed by atoms with Crippen LogP contribution in [0, 0.1) is 5.92 Å². The van der Waals surface area contributed by atoms with E-state index in [1.807, 2.05) is 0 Å². The van der Waals surface area contributed by atoms with Gasteiger partial charge in [-0.2, -0.15) is 0 Å². The van der Waals surface area contributed by atoms with Gasteiger partial charge in [-0.3, -0.25) is 9.79 Å². The van der Waals surface area contributed by atoms with Crippen LogP contribution in [-0.4, -0.2) is 76.4 Å². The molecule has 0 spiro atoms. The third-order valence-electron chi connectivity index (χ3n) is 5.03. The van der Waals surface area contributed by atoms with Crippen LogP contribution in [0.25, 0.3) is 0 Å². The lowest BCUT2D eigenvalue weighted by atomic mass is 10.1. The maximum atomic E-state index is 11.8. The molecule has 1 aliphatic carbocycles. The zero-order valence-corrected chi connectivity index (χ0v) is 18.5. The molecule has 0 radical (unpaired) electrons. The maximum absolute atomic E-state index is 11.8. The van der Waals surface area contributed by atoms with Crippen LogP contribution < -0.4 is 10.6 Å². The van der Waals surface area contributed by atoms with E-state index < -0.39 is 0 Å². The summed E-state index contributed by atoms with van der Waals surface area (Å²) in [5.74, 6) is 1.52. The van der Waals surface area contributed by atoms with Gasteiger partial charge in [0.05, 0.1) is 19.3 Å². The summed E-state index contributed by atoms with van der Waals surface area (Å²) in [5, 5.41) is 5.94. The van der Waals surface area contributed by atoms with Crippen LogP contribution in [0.15, 0.2) is 4.99 Å².